The molecule has 6 rings (SSSR count). The highest BCUT2D eigenvalue weighted by Gasteiger charge is 2.35. The van der Waals surface area contributed by atoms with Crippen molar-refractivity contribution in [2.24, 2.45) is 7.05 Å². The first-order chi connectivity index (χ1) is 18.6. The first-order valence-electron chi connectivity index (χ1n) is 12.2. The van der Waals surface area contributed by atoms with Crippen LogP contribution in [0.25, 0.3) is 33.9 Å². The normalized spacial score (nSPS) is 13.8. The molecule has 0 unspecified atom stereocenters. The number of H-pyrrole nitrogens is 1. The number of fused-ring (bicyclic) bond motifs is 1. The van der Waals surface area contributed by atoms with Crippen molar-refractivity contribution < 1.29 is 17.9 Å². The zero-order valence-electron chi connectivity index (χ0n) is 21.3. The van der Waals surface area contributed by atoms with Crippen molar-refractivity contribution in [2.75, 3.05) is 7.11 Å². The van der Waals surface area contributed by atoms with Gasteiger partial charge in [-0.3, -0.25) is 9.98 Å². The molecular weight excluding hydrogens is 511 g/mol. The van der Waals surface area contributed by atoms with Gasteiger partial charge in [0.05, 0.1) is 25.5 Å². The van der Waals surface area contributed by atoms with Crippen molar-refractivity contribution in [1.82, 2.24) is 39.0 Å². The fraction of sp³-hybridized carbons (Fsp3) is 0.308. The second-order valence-corrected chi connectivity index (χ2v) is 9.62. The molecule has 0 radical (unpaired) electrons. The van der Waals surface area contributed by atoms with Gasteiger partial charge >= 0.3 is 6.18 Å². The van der Waals surface area contributed by atoms with Crippen LogP contribution < -0.4 is 10.4 Å². The summed E-state index contributed by atoms with van der Waals surface area (Å²) in [5.41, 5.74) is 4.03. The molecule has 5 aromatic rings. The van der Waals surface area contributed by atoms with E-state index in [0.29, 0.717) is 46.5 Å². The standard InChI is InChI=1S/C26H24F3N9O/c1-13-8-14(4-7-16(13)22-35-18(11-37(22)2)26(27,28)29)10-38-23-17(34-25(38)30)9-31-21(36-23)19-20(15-5-6-15)32-12-33-24(19)39-3/h4,7-9,11-12,15H,5-6,10H2,1-3H3,(H2,30,34). The minimum atomic E-state index is -4.52. The molecular formula is C26H24F3N9O. The summed E-state index contributed by atoms with van der Waals surface area (Å²) in [6.45, 7) is 2.13. The highest BCUT2D eigenvalue weighted by Crippen LogP contribution is 2.44. The number of hydrogen-bond acceptors (Lipinski definition) is 7. The van der Waals surface area contributed by atoms with Crippen LogP contribution >= 0.6 is 0 Å². The number of halogens is 3. The number of alkyl halides is 3. The van der Waals surface area contributed by atoms with E-state index in [-0.39, 0.29) is 11.4 Å². The molecule has 0 atom stereocenters. The Balaban J connectivity index is 1.37. The van der Waals surface area contributed by atoms with E-state index < -0.39 is 11.9 Å². The Hall–Kier alpha value is -4.55. The molecule has 4 heterocycles. The number of nitrogens with zero attached hydrogens (tertiary/aromatic N) is 7. The van der Waals surface area contributed by atoms with Gasteiger partial charge in [-0.05, 0) is 30.9 Å². The van der Waals surface area contributed by atoms with E-state index >= 15 is 0 Å². The molecule has 0 amide bonds. The Labute approximate surface area is 220 Å². The van der Waals surface area contributed by atoms with Gasteiger partial charge in [-0.1, -0.05) is 18.2 Å². The Morgan fingerprint density at radius 2 is 1.95 bits per heavy atom. The van der Waals surface area contributed by atoms with Gasteiger partial charge in [0, 0.05) is 24.7 Å². The van der Waals surface area contributed by atoms with Crippen LogP contribution in [-0.4, -0.2) is 46.1 Å². The SMILES string of the molecule is COc1ncnc(C2CC2)c1-c1ncc2[nH]c(=N)n(Cc3ccc(-c4nc(C(F)(F)F)cn4C)c(C)c3)c2n1. The van der Waals surface area contributed by atoms with Gasteiger partial charge in [0.2, 0.25) is 11.5 Å². The summed E-state index contributed by atoms with van der Waals surface area (Å²) in [5.74, 6) is 1.36. The number of hydrogen-bond donors (Lipinski definition) is 2. The summed E-state index contributed by atoms with van der Waals surface area (Å²) < 4.78 is 48.1. The molecule has 200 valence electrons. The summed E-state index contributed by atoms with van der Waals surface area (Å²) >= 11 is 0. The lowest BCUT2D eigenvalue weighted by molar-refractivity contribution is -0.140. The fourth-order valence-electron chi connectivity index (χ4n) is 4.77. The Morgan fingerprint density at radius 1 is 1.15 bits per heavy atom. The smallest absolute Gasteiger partial charge is 0.434 e. The average molecular weight is 536 g/mol. The highest BCUT2D eigenvalue weighted by molar-refractivity contribution is 5.75. The minimum Gasteiger partial charge on any atom is -0.480 e. The molecule has 0 bridgehead atoms. The van der Waals surface area contributed by atoms with Crippen LogP contribution in [-0.2, 0) is 19.8 Å². The quantitative estimate of drug-likeness (QED) is 0.333. The lowest BCUT2D eigenvalue weighted by Crippen LogP contribution is -2.18. The predicted molar refractivity (Wildman–Crippen MR) is 135 cm³/mol. The minimum absolute atomic E-state index is 0.135. The van der Waals surface area contributed by atoms with E-state index in [9.17, 15) is 13.2 Å². The van der Waals surface area contributed by atoms with Crippen LogP contribution in [0.2, 0.25) is 0 Å². The van der Waals surface area contributed by atoms with Crippen LogP contribution in [0, 0.1) is 12.3 Å². The summed E-state index contributed by atoms with van der Waals surface area (Å²) in [6, 6.07) is 5.45. The summed E-state index contributed by atoms with van der Waals surface area (Å²) in [4.78, 5) is 24.8. The van der Waals surface area contributed by atoms with E-state index in [2.05, 4.69) is 24.9 Å². The Morgan fingerprint density at radius 3 is 2.62 bits per heavy atom. The zero-order valence-corrected chi connectivity index (χ0v) is 21.3. The molecule has 1 aromatic carbocycles. The van der Waals surface area contributed by atoms with Crippen molar-refractivity contribution in [1.29, 1.82) is 5.41 Å². The predicted octanol–water partition coefficient (Wildman–Crippen LogP) is 4.36. The largest absolute Gasteiger partial charge is 0.480 e. The molecule has 2 N–H and O–H groups in total. The highest BCUT2D eigenvalue weighted by atomic mass is 19.4. The molecule has 1 fully saturated rings. The van der Waals surface area contributed by atoms with E-state index in [1.54, 1.807) is 23.9 Å². The third kappa shape index (κ3) is 4.43. The van der Waals surface area contributed by atoms with Gasteiger partial charge in [-0.15, -0.1) is 0 Å². The maximum absolute atomic E-state index is 13.2. The van der Waals surface area contributed by atoms with Gasteiger partial charge < -0.3 is 14.3 Å². The topological polar surface area (TPSA) is 123 Å². The second-order valence-electron chi connectivity index (χ2n) is 9.62. The van der Waals surface area contributed by atoms with Crippen molar-refractivity contribution in [2.45, 2.75) is 38.4 Å². The fourth-order valence-corrected chi connectivity index (χ4v) is 4.77. The van der Waals surface area contributed by atoms with E-state index in [4.69, 9.17) is 15.1 Å². The summed E-state index contributed by atoms with van der Waals surface area (Å²) in [6.07, 6.45) is 1.63. The van der Waals surface area contributed by atoms with E-state index in [0.717, 1.165) is 35.9 Å². The first-order valence-corrected chi connectivity index (χ1v) is 12.2. The number of methoxy groups -OCH3 is 1. The molecule has 10 nitrogen and oxygen atoms in total. The second kappa shape index (κ2) is 9.03. The van der Waals surface area contributed by atoms with E-state index in [1.807, 2.05) is 19.1 Å². The van der Waals surface area contributed by atoms with Crippen LogP contribution in [0.5, 0.6) is 5.88 Å². The maximum atomic E-state index is 13.2. The molecule has 1 saturated carbocycles. The molecule has 1 aliphatic carbocycles. The number of imidazole rings is 2. The van der Waals surface area contributed by atoms with Crippen LogP contribution in [0.3, 0.4) is 0 Å². The van der Waals surface area contributed by atoms with Gasteiger partial charge in [0.1, 0.15) is 23.2 Å². The molecule has 39 heavy (non-hydrogen) atoms. The molecule has 0 saturated heterocycles. The molecule has 1 aliphatic rings. The average Bonchev–Trinajstić information content (AvgIpc) is 3.61. The van der Waals surface area contributed by atoms with Crippen molar-refractivity contribution >= 4 is 11.2 Å². The van der Waals surface area contributed by atoms with Gasteiger partial charge in [-0.2, -0.15) is 13.2 Å². The first kappa shape index (κ1) is 24.8. The summed E-state index contributed by atoms with van der Waals surface area (Å²) in [5, 5.41) is 8.51. The Kier molecular flexibility index (Phi) is 5.74. The number of rotatable bonds is 6. The Bertz CT molecular complexity index is 1780. The van der Waals surface area contributed by atoms with Crippen molar-refractivity contribution in [3.63, 3.8) is 0 Å². The maximum Gasteiger partial charge on any atom is 0.434 e. The van der Waals surface area contributed by atoms with Crippen LogP contribution in [0.1, 0.15) is 41.3 Å². The number of ether oxygens (including phenoxy) is 1. The van der Waals surface area contributed by atoms with Crippen LogP contribution in [0.4, 0.5) is 13.2 Å². The monoisotopic (exact) mass is 535 g/mol. The lowest BCUT2D eigenvalue weighted by atomic mass is 10.0. The molecule has 0 spiro atoms. The number of aromatic nitrogens is 8. The number of nitrogens with one attached hydrogen (secondary N) is 2. The number of aromatic amines is 1. The molecule has 4 aromatic heterocycles. The lowest BCUT2D eigenvalue weighted by Gasteiger charge is -2.11. The number of benzene rings is 1. The third-order valence-electron chi connectivity index (χ3n) is 6.81. The number of aryl methyl sites for hydroxylation is 2. The zero-order chi connectivity index (χ0) is 27.5. The van der Waals surface area contributed by atoms with E-state index in [1.165, 1.54) is 17.9 Å². The summed E-state index contributed by atoms with van der Waals surface area (Å²) in [7, 11) is 3.08. The van der Waals surface area contributed by atoms with Crippen LogP contribution in [0.15, 0.2) is 36.9 Å². The van der Waals surface area contributed by atoms with Crippen molar-refractivity contribution in [3.8, 4) is 28.7 Å². The molecule has 0 aliphatic heterocycles. The van der Waals surface area contributed by atoms with Crippen molar-refractivity contribution in [3.05, 3.63) is 65.1 Å². The van der Waals surface area contributed by atoms with Gasteiger partial charge in [-0.25, -0.2) is 24.9 Å². The molecule has 13 heteroatoms. The van der Waals surface area contributed by atoms with Gasteiger partial charge in [0.15, 0.2) is 17.2 Å². The third-order valence-corrected chi connectivity index (χ3v) is 6.81. The van der Waals surface area contributed by atoms with Gasteiger partial charge in [0.25, 0.3) is 0 Å².